The Morgan fingerprint density at radius 2 is 2.00 bits per heavy atom. The van der Waals surface area contributed by atoms with Gasteiger partial charge in [0.1, 0.15) is 5.82 Å². The van der Waals surface area contributed by atoms with Gasteiger partial charge in [0.2, 0.25) is 0 Å². The van der Waals surface area contributed by atoms with Crippen molar-refractivity contribution in [3.8, 4) is 0 Å². The third-order valence-corrected chi connectivity index (χ3v) is 6.13. The molecule has 0 N–H and O–H groups in total. The Hall–Kier alpha value is -2.26. The Morgan fingerprint density at radius 3 is 2.88 bits per heavy atom. The van der Waals surface area contributed by atoms with Crippen molar-refractivity contribution in [3.05, 3.63) is 77.1 Å². The zero-order chi connectivity index (χ0) is 16.3. The summed E-state index contributed by atoms with van der Waals surface area (Å²) >= 11 is 1.66. The van der Waals surface area contributed by atoms with Crippen molar-refractivity contribution < 1.29 is 4.39 Å². The van der Waals surface area contributed by atoms with Crippen molar-refractivity contribution >= 4 is 32.7 Å². The molecule has 2 aliphatic carbocycles. The van der Waals surface area contributed by atoms with Crippen LogP contribution in [0.1, 0.15) is 18.1 Å². The van der Waals surface area contributed by atoms with Crippen LogP contribution >= 0.6 is 11.3 Å². The molecule has 0 spiro atoms. The molecule has 3 aromatic rings. The Morgan fingerprint density at radius 1 is 1.08 bits per heavy atom. The van der Waals surface area contributed by atoms with Crippen LogP contribution in [0.4, 0.5) is 4.39 Å². The molecule has 3 unspecified atom stereocenters. The van der Waals surface area contributed by atoms with E-state index in [1.54, 1.807) is 17.4 Å². The van der Waals surface area contributed by atoms with Crippen molar-refractivity contribution in [3.63, 3.8) is 0 Å². The lowest BCUT2D eigenvalue weighted by atomic mass is 9.87. The van der Waals surface area contributed by atoms with Crippen molar-refractivity contribution in [1.29, 1.82) is 0 Å². The molecule has 118 valence electrons. The van der Waals surface area contributed by atoms with E-state index >= 15 is 0 Å². The maximum absolute atomic E-state index is 13.8. The molecule has 24 heavy (non-hydrogen) atoms. The SMILES string of the molecule is CC1C2C=CC(c3ccc4ncsc4c3)=C(c3cccc(F)c3)C12. The van der Waals surface area contributed by atoms with E-state index in [4.69, 9.17) is 0 Å². The topological polar surface area (TPSA) is 12.9 Å². The Bertz CT molecular complexity index is 1010. The van der Waals surface area contributed by atoms with Gasteiger partial charge in [-0.05, 0) is 64.3 Å². The van der Waals surface area contributed by atoms with Gasteiger partial charge in [0.05, 0.1) is 15.7 Å². The zero-order valence-corrected chi connectivity index (χ0v) is 14.1. The number of hydrogen-bond donors (Lipinski definition) is 0. The highest BCUT2D eigenvalue weighted by Gasteiger charge is 2.49. The summed E-state index contributed by atoms with van der Waals surface area (Å²) in [6, 6.07) is 13.4. The number of benzene rings is 2. The number of halogens is 1. The molecule has 0 saturated heterocycles. The summed E-state index contributed by atoms with van der Waals surface area (Å²) in [5.41, 5.74) is 7.64. The lowest BCUT2D eigenvalue weighted by molar-refractivity contribution is 0.627. The van der Waals surface area contributed by atoms with Gasteiger partial charge in [0, 0.05) is 0 Å². The summed E-state index contributed by atoms with van der Waals surface area (Å²) in [6.45, 7) is 2.29. The van der Waals surface area contributed by atoms with E-state index in [0.717, 1.165) is 11.1 Å². The van der Waals surface area contributed by atoms with Gasteiger partial charge in [0.15, 0.2) is 0 Å². The van der Waals surface area contributed by atoms with E-state index in [1.165, 1.54) is 27.5 Å². The molecule has 1 heterocycles. The number of hydrogen-bond acceptors (Lipinski definition) is 2. The number of fused-ring (bicyclic) bond motifs is 2. The maximum Gasteiger partial charge on any atom is 0.123 e. The summed E-state index contributed by atoms with van der Waals surface area (Å²) in [6.07, 6.45) is 4.55. The predicted molar refractivity (Wildman–Crippen MR) is 98.1 cm³/mol. The molecule has 1 aromatic heterocycles. The average Bonchev–Trinajstić information content (AvgIpc) is 3.04. The molecule has 0 aliphatic heterocycles. The Labute approximate surface area is 144 Å². The van der Waals surface area contributed by atoms with Crippen LogP contribution in [-0.4, -0.2) is 4.98 Å². The number of rotatable bonds is 2. The highest BCUT2D eigenvalue weighted by atomic mass is 32.1. The minimum atomic E-state index is -0.170. The largest absolute Gasteiger partial charge is 0.245 e. The van der Waals surface area contributed by atoms with Gasteiger partial charge in [0.25, 0.3) is 0 Å². The fourth-order valence-corrected chi connectivity index (χ4v) is 4.72. The normalized spacial score (nSPS) is 25.2. The molecule has 0 radical (unpaired) electrons. The van der Waals surface area contributed by atoms with Crippen molar-refractivity contribution in [2.24, 2.45) is 17.8 Å². The van der Waals surface area contributed by atoms with Gasteiger partial charge in [-0.3, -0.25) is 0 Å². The van der Waals surface area contributed by atoms with E-state index in [-0.39, 0.29) is 5.82 Å². The predicted octanol–water partition coefficient (Wildman–Crippen LogP) is 5.80. The first-order valence-electron chi connectivity index (χ1n) is 8.24. The molecule has 1 saturated carbocycles. The van der Waals surface area contributed by atoms with Gasteiger partial charge in [-0.2, -0.15) is 0 Å². The van der Waals surface area contributed by atoms with Gasteiger partial charge in [-0.15, -0.1) is 11.3 Å². The molecule has 2 aromatic carbocycles. The molecule has 3 atom stereocenters. The molecule has 3 heteroatoms. The molecular weight excluding hydrogens is 317 g/mol. The van der Waals surface area contributed by atoms with Gasteiger partial charge in [-0.25, -0.2) is 9.37 Å². The Balaban J connectivity index is 1.73. The van der Waals surface area contributed by atoms with Crippen LogP contribution in [-0.2, 0) is 0 Å². The van der Waals surface area contributed by atoms with E-state index in [2.05, 4.69) is 42.3 Å². The highest BCUT2D eigenvalue weighted by molar-refractivity contribution is 7.16. The van der Waals surface area contributed by atoms with Crippen LogP contribution in [0.25, 0.3) is 21.4 Å². The molecule has 5 rings (SSSR count). The van der Waals surface area contributed by atoms with Crippen LogP contribution in [0.15, 0.2) is 60.1 Å². The standard InChI is InChI=1S/C21H16FNS/c1-12-16-6-7-17(13-5-8-18-19(10-13)24-11-23-18)21(20(12)16)14-3-2-4-15(22)9-14/h2-12,16,20H,1H3. The number of nitrogens with zero attached hydrogens (tertiary/aromatic N) is 1. The number of thiazole rings is 1. The second-order valence-corrected chi connectivity index (χ2v) is 7.58. The average molecular weight is 333 g/mol. The maximum atomic E-state index is 13.8. The molecular formula is C21H16FNS. The fourth-order valence-electron chi connectivity index (χ4n) is 4.00. The smallest absolute Gasteiger partial charge is 0.123 e. The van der Waals surface area contributed by atoms with Crippen molar-refractivity contribution in [2.45, 2.75) is 6.92 Å². The summed E-state index contributed by atoms with van der Waals surface area (Å²) in [5.74, 6) is 1.56. The second kappa shape index (κ2) is 5.12. The van der Waals surface area contributed by atoms with Crippen LogP contribution < -0.4 is 0 Å². The zero-order valence-electron chi connectivity index (χ0n) is 13.2. The molecule has 0 bridgehead atoms. The summed E-state index contributed by atoms with van der Waals surface area (Å²) < 4.78 is 15.0. The van der Waals surface area contributed by atoms with Crippen LogP contribution in [0, 0.1) is 23.6 Å². The minimum absolute atomic E-state index is 0.170. The molecule has 1 fully saturated rings. The summed E-state index contributed by atoms with van der Waals surface area (Å²) in [4.78, 5) is 4.36. The van der Waals surface area contributed by atoms with Crippen molar-refractivity contribution in [2.75, 3.05) is 0 Å². The number of allylic oxidation sites excluding steroid dienone is 4. The third-order valence-electron chi connectivity index (χ3n) is 5.33. The number of aromatic nitrogens is 1. The Kier molecular flexibility index (Phi) is 3.01. The molecule has 0 amide bonds. The first-order chi connectivity index (χ1) is 11.7. The first kappa shape index (κ1) is 14.1. The van der Waals surface area contributed by atoms with Crippen LogP contribution in [0.3, 0.4) is 0 Å². The summed E-state index contributed by atoms with van der Waals surface area (Å²) in [5, 5.41) is 0. The summed E-state index contributed by atoms with van der Waals surface area (Å²) in [7, 11) is 0. The monoisotopic (exact) mass is 333 g/mol. The fraction of sp³-hybridized carbons (Fsp3) is 0.190. The second-order valence-electron chi connectivity index (χ2n) is 6.69. The molecule has 2 aliphatic rings. The van der Waals surface area contributed by atoms with E-state index in [9.17, 15) is 4.39 Å². The first-order valence-corrected chi connectivity index (χ1v) is 9.12. The quantitative estimate of drug-likeness (QED) is 0.578. The minimum Gasteiger partial charge on any atom is -0.245 e. The third kappa shape index (κ3) is 2.08. The van der Waals surface area contributed by atoms with Crippen LogP contribution in [0.2, 0.25) is 0 Å². The highest BCUT2D eigenvalue weighted by Crippen LogP contribution is 2.59. The van der Waals surface area contributed by atoms with Gasteiger partial charge in [-0.1, -0.05) is 37.3 Å². The lowest BCUT2D eigenvalue weighted by Gasteiger charge is -2.17. The van der Waals surface area contributed by atoms with Crippen LogP contribution in [0.5, 0.6) is 0 Å². The van der Waals surface area contributed by atoms with Crippen molar-refractivity contribution in [1.82, 2.24) is 4.98 Å². The molecule has 1 nitrogen and oxygen atoms in total. The van der Waals surface area contributed by atoms with Gasteiger partial charge < -0.3 is 0 Å². The lowest BCUT2D eigenvalue weighted by Crippen LogP contribution is -1.99. The van der Waals surface area contributed by atoms with E-state index in [0.29, 0.717) is 17.8 Å². The van der Waals surface area contributed by atoms with E-state index < -0.39 is 0 Å². The van der Waals surface area contributed by atoms with E-state index in [1.807, 2.05) is 17.6 Å². The van der Waals surface area contributed by atoms with Gasteiger partial charge >= 0.3 is 0 Å².